The largest absolute Gasteiger partial charge is 1.00 e. The van der Waals surface area contributed by atoms with Crippen LogP contribution in [0.5, 0.6) is 0 Å². The van der Waals surface area contributed by atoms with E-state index in [0.29, 0.717) is 0 Å². The summed E-state index contributed by atoms with van der Waals surface area (Å²) in [6.07, 6.45) is -1.19. The molecular weight excluding hydrogens is 306 g/mol. The van der Waals surface area contributed by atoms with Crippen LogP contribution < -0.4 is 80.8 Å². The molecule has 21 heavy (non-hydrogen) atoms. The average molecular weight is 320 g/mol. The zero-order valence-corrected chi connectivity index (χ0v) is 16.0. The van der Waals surface area contributed by atoms with E-state index < -0.39 is 36.0 Å². The predicted molar refractivity (Wildman–Crippen MR) is 55.5 cm³/mol. The standard InChI is InChI=1S/C10H16N2O7.2Na/c11-5(9(15)16)1-3-7(13)19-8(14)4-2-6(12)10(17)18;;/h5-6H,1-4,11-12H2,(H,15,16)(H,17,18);;/q;2*+1/p-2/t5-,6-;;/m0../s1. The van der Waals surface area contributed by atoms with Crippen LogP contribution in [0.4, 0.5) is 0 Å². The molecule has 0 aromatic rings. The van der Waals surface area contributed by atoms with Gasteiger partial charge in [-0.2, -0.15) is 0 Å². The van der Waals surface area contributed by atoms with Crippen LogP contribution in [0.15, 0.2) is 0 Å². The van der Waals surface area contributed by atoms with Gasteiger partial charge in [0.15, 0.2) is 0 Å². The number of hydrogen-bond donors (Lipinski definition) is 2. The Bertz CT molecular complexity index is 344. The van der Waals surface area contributed by atoms with E-state index in [4.69, 9.17) is 11.5 Å². The summed E-state index contributed by atoms with van der Waals surface area (Å²) >= 11 is 0. The summed E-state index contributed by atoms with van der Waals surface area (Å²) in [5.74, 6) is -4.94. The van der Waals surface area contributed by atoms with Crippen LogP contribution in [-0.4, -0.2) is 36.0 Å². The number of esters is 2. The van der Waals surface area contributed by atoms with Crippen molar-refractivity contribution in [2.75, 3.05) is 0 Å². The van der Waals surface area contributed by atoms with E-state index in [1.165, 1.54) is 0 Å². The molecule has 0 saturated carbocycles. The predicted octanol–water partition coefficient (Wildman–Crippen LogP) is -10.2. The van der Waals surface area contributed by atoms with Crippen molar-refractivity contribution in [1.29, 1.82) is 0 Å². The van der Waals surface area contributed by atoms with Gasteiger partial charge in [0.2, 0.25) is 0 Å². The van der Waals surface area contributed by atoms with Gasteiger partial charge in [-0.25, -0.2) is 0 Å². The number of carbonyl (C=O) groups is 4. The van der Waals surface area contributed by atoms with Gasteiger partial charge in [-0.15, -0.1) is 0 Å². The number of carboxylic acid groups (broad SMARTS) is 2. The van der Waals surface area contributed by atoms with Crippen molar-refractivity contribution in [1.82, 2.24) is 0 Å². The first-order valence-corrected chi connectivity index (χ1v) is 5.40. The first kappa shape index (κ1) is 25.9. The Morgan fingerprint density at radius 1 is 0.810 bits per heavy atom. The fourth-order valence-electron chi connectivity index (χ4n) is 1.01. The van der Waals surface area contributed by atoms with E-state index in [0.717, 1.165) is 0 Å². The SMILES string of the molecule is N[C@@H](CCC(=O)OC(=O)CC[C@H](N)C(=O)[O-])C(=O)[O-].[Na+].[Na+]. The molecule has 0 fully saturated rings. The molecule has 2 atom stereocenters. The molecular formula is C10H14N2Na2O7. The molecule has 0 amide bonds. The molecule has 0 radical (unpaired) electrons. The Labute approximate surface area is 165 Å². The van der Waals surface area contributed by atoms with Crippen LogP contribution in [0.1, 0.15) is 25.7 Å². The Morgan fingerprint density at radius 3 is 1.33 bits per heavy atom. The van der Waals surface area contributed by atoms with Crippen molar-refractivity contribution >= 4 is 23.9 Å². The van der Waals surface area contributed by atoms with Crippen LogP contribution in [0.3, 0.4) is 0 Å². The maximum absolute atomic E-state index is 11.1. The summed E-state index contributed by atoms with van der Waals surface area (Å²) in [4.78, 5) is 42.7. The number of rotatable bonds is 8. The zero-order chi connectivity index (χ0) is 15.0. The summed E-state index contributed by atoms with van der Waals surface area (Å²) in [5, 5.41) is 20.5. The van der Waals surface area contributed by atoms with Crippen molar-refractivity contribution < 1.29 is 93.2 Å². The Hall–Kier alpha value is 0. The van der Waals surface area contributed by atoms with Crippen LogP contribution in [0, 0.1) is 0 Å². The monoisotopic (exact) mass is 320 g/mol. The number of hydrogen-bond acceptors (Lipinski definition) is 9. The summed E-state index contributed by atoms with van der Waals surface area (Å²) < 4.78 is 4.30. The molecule has 0 aromatic carbocycles. The zero-order valence-electron chi connectivity index (χ0n) is 12.0. The number of aliphatic carboxylic acids is 2. The third kappa shape index (κ3) is 13.4. The van der Waals surface area contributed by atoms with Gasteiger partial charge in [0.05, 0.1) is 11.9 Å². The van der Waals surface area contributed by atoms with Gasteiger partial charge in [0.1, 0.15) is 0 Å². The molecule has 0 spiro atoms. The molecule has 0 aliphatic carbocycles. The van der Waals surface area contributed by atoms with Crippen molar-refractivity contribution in [3.05, 3.63) is 0 Å². The van der Waals surface area contributed by atoms with E-state index in [-0.39, 0.29) is 84.8 Å². The molecule has 0 aliphatic rings. The van der Waals surface area contributed by atoms with Crippen LogP contribution >= 0.6 is 0 Å². The maximum atomic E-state index is 11.1. The summed E-state index contributed by atoms with van der Waals surface area (Å²) in [5.41, 5.74) is 10.2. The molecule has 0 bridgehead atoms. The van der Waals surface area contributed by atoms with Crippen molar-refractivity contribution in [2.24, 2.45) is 11.5 Å². The maximum Gasteiger partial charge on any atom is 1.00 e. The molecule has 0 heterocycles. The van der Waals surface area contributed by atoms with Crippen molar-refractivity contribution in [3.63, 3.8) is 0 Å². The molecule has 0 unspecified atom stereocenters. The Kier molecular flexibility index (Phi) is 16.8. The van der Waals surface area contributed by atoms with Gasteiger partial charge in [0, 0.05) is 24.9 Å². The van der Waals surface area contributed by atoms with Crippen LogP contribution in [0.2, 0.25) is 0 Å². The van der Waals surface area contributed by atoms with Gasteiger partial charge in [0.25, 0.3) is 0 Å². The second-order valence-corrected chi connectivity index (χ2v) is 3.77. The first-order chi connectivity index (χ1) is 8.73. The van der Waals surface area contributed by atoms with Gasteiger partial charge in [-0.05, 0) is 12.8 Å². The van der Waals surface area contributed by atoms with E-state index in [2.05, 4.69) is 4.74 Å². The third-order valence-electron chi connectivity index (χ3n) is 2.15. The van der Waals surface area contributed by atoms with E-state index >= 15 is 0 Å². The molecule has 0 aliphatic heterocycles. The van der Waals surface area contributed by atoms with Crippen LogP contribution in [-0.2, 0) is 23.9 Å². The Balaban J connectivity index is -0.00000162. The number of ether oxygens (including phenoxy) is 1. The minimum absolute atomic E-state index is 0. The first-order valence-electron chi connectivity index (χ1n) is 5.40. The summed E-state index contributed by atoms with van der Waals surface area (Å²) in [6.45, 7) is 0. The van der Waals surface area contributed by atoms with E-state index in [1.54, 1.807) is 0 Å². The minimum atomic E-state index is -1.51. The number of carbonyl (C=O) groups excluding carboxylic acids is 4. The van der Waals surface area contributed by atoms with Gasteiger partial charge < -0.3 is 36.0 Å². The van der Waals surface area contributed by atoms with E-state index in [9.17, 15) is 29.4 Å². The molecule has 0 rings (SSSR count). The fraction of sp³-hybridized carbons (Fsp3) is 0.600. The second-order valence-electron chi connectivity index (χ2n) is 3.77. The minimum Gasteiger partial charge on any atom is -0.548 e. The normalized spacial score (nSPS) is 12.1. The fourth-order valence-corrected chi connectivity index (χ4v) is 1.01. The molecule has 11 heteroatoms. The van der Waals surface area contributed by atoms with Gasteiger partial charge in [-0.3, -0.25) is 9.59 Å². The molecule has 9 nitrogen and oxygen atoms in total. The van der Waals surface area contributed by atoms with Crippen LogP contribution in [0.25, 0.3) is 0 Å². The van der Waals surface area contributed by atoms with Gasteiger partial charge >= 0.3 is 71.1 Å². The topological polar surface area (TPSA) is 176 Å². The molecule has 4 N–H and O–H groups in total. The van der Waals surface area contributed by atoms with Crippen molar-refractivity contribution in [2.45, 2.75) is 37.8 Å². The summed E-state index contributed by atoms with van der Waals surface area (Å²) in [6, 6.07) is -2.65. The average Bonchev–Trinajstić information content (AvgIpc) is 2.32. The third-order valence-corrected chi connectivity index (χ3v) is 2.15. The summed E-state index contributed by atoms with van der Waals surface area (Å²) in [7, 11) is 0. The molecule has 0 saturated heterocycles. The number of nitrogens with two attached hydrogens (primary N) is 2. The molecule has 108 valence electrons. The van der Waals surface area contributed by atoms with E-state index in [1.807, 2.05) is 0 Å². The Morgan fingerprint density at radius 2 is 1.10 bits per heavy atom. The number of carboxylic acids is 2. The smallest absolute Gasteiger partial charge is 0.548 e. The van der Waals surface area contributed by atoms with Crippen molar-refractivity contribution in [3.8, 4) is 0 Å². The quantitative estimate of drug-likeness (QED) is 0.250. The molecule has 0 aromatic heterocycles. The van der Waals surface area contributed by atoms with Gasteiger partial charge in [-0.1, -0.05) is 0 Å². The second kappa shape index (κ2) is 13.6.